The third kappa shape index (κ3) is 11.3. The Morgan fingerprint density at radius 3 is 2.21 bits per heavy atom. The smallest absolute Gasteiger partial charge is 0.315 e. The highest BCUT2D eigenvalue weighted by atomic mass is 16.5. The number of ether oxygens (including phenoxy) is 1. The molecule has 2 aliphatic rings. The summed E-state index contributed by atoms with van der Waals surface area (Å²) in [5.41, 5.74) is 1.86. The van der Waals surface area contributed by atoms with Crippen molar-refractivity contribution in [3.63, 3.8) is 0 Å². The molecule has 1 aliphatic carbocycles. The van der Waals surface area contributed by atoms with E-state index in [0.717, 1.165) is 17.5 Å². The van der Waals surface area contributed by atoms with Crippen LogP contribution in [0.2, 0.25) is 0 Å². The fourth-order valence-electron chi connectivity index (χ4n) is 7.11. The SMILES string of the molecule is C=CCNC(=O)C(=O)C(CCCC)NC(=O)C1[C@@H](C(C)C)CCN1C(=O)C(NC(=O)NC(COC(=C)NCC)C(C)(C)C)C1Cc2ccccc2C1. The minimum absolute atomic E-state index is 0.0455. The number of nitrogens with zero attached hydrogens (tertiary/aromatic N) is 1. The summed E-state index contributed by atoms with van der Waals surface area (Å²) in [5, 5.41) is 14.5. The molecule has 4 unspecified atom stereocenters. The van der Waals surface area contributed by atoms with Crippen molar-refractivity contribution >= 4 is 29.5 Å². The number of hydrogen-bond acceptors (Lipinski definition) is 7. The van der Waals surface area contributed by atoms with Crippen molar-refractivity contribution in [3.8, 4) is 0 Å². The number of urea groups is 1. The highest BCUT2D eigenvalue weighted by molar-refractivity contribution is 6.38. The van der Waals surface area contributed by atoms with Gasteiger partial charge in [-0.3, -0.25) is 19.2 Å². The van der Waals surface area contributed by atoms with Crippen LogP contribution in [0.15, 0.2) is 49.4 Å². The molecule has 0 bridgehead atoms. The first-order chi connectivity index (χ1) is 24.6. The van der Waals surface area contributed by atoms with Crippen molar-refractivity contribution in [2.45, 2.75) is 111 Å². The Hall–Kier alpha value is -4.35. The Labute approximate surface area is 310 Å². The normalized spacial score (nSPS) is 18.8. The van der Waals surface area contributed by atoms with Gasteiger partial charge in [-0.25, -0.2) is 4.79 Å². The van der Waals surface area contributed by atoms with E-state index in [1.54, 1.807) is 4.90 Å². The van der Waals surface area contributed by atoms with E-state index in [2.05, 4.69) is 39.7 Å². The fourth-order valence-corrected chi connectivity index (χ4v) is 7.11. The molecule has 52 heavy (non-hydrogen) atoms. The third-order valence-electron chi connectivity index (χ3n) is 10.2. The number of ketones is 1. The van der Waals surface area contributed by atoms with Crippen LogP contribution >= 0.6 is 0 Å². The van der Waals surface area contributed by atoms with Crippen molar-refractivity contribution in [1.29, 1.82) is 0 Å². The van der Waals surface area contributed by atoms with Crippen molar-refractivity contribution in [2.24, 2.45) is 23.2 Å². The molecule has 5 N–H and O–H groups in total. The second kappa shape index (κ2) is 19.5. The van der Waals surface area contributed by atoms with Crippen LogP contribution in [0.25, 0.3) is 0 Å². The largest absolute Gasteiger partial charge is 0.477 e. The van der Waals surface area contributed by atoms with E-state index in [1.807, 2.05) is 72.7 Å². The van der Waals surface area contributed by atoms with Crippen molar-refractivity contribution in [2.75, 3.05) is 26.2 Å². The zero-order chi connectivity index (χ0) is 38.6. The first-order valence-corrected chi connectivity index (χ1v) is 18.9. The van der Waals surface area contributed by atoms with E-state index in [9.17, 15) is 24.0 Å². The van der Waals surface area contributed by atoms with Gasteiger partial charge in [0, 0.05) is 19.6 Å². The van der Waals surface area contributed by atoms with Gasteiger partial charge in [-0.05, 0) is 73.5 Å². The van der Waals surface area contributed by atoms with Crippen molar-refractivity contribution < 1.29 is 28.7 Å². The Kier molecular flexibility index (Phi) is 15.8. The Morgan fingerprint density at radius 2 is 1.65 bits per heavy atom. The van der Waals surface area contributed by atoms with Crippen LogP contribution in [0.3, 0.4) is 0 Å². The summed E-state index contributed by atoms with van der Waals surface area (Å²) in [7, 11) is 0. The molecule has 12 nitrogen and oxygen atoms in total. The molecule has 1 aromatic carbocycles. The first-order valence-electron chi connectivity index (χ1n) is 18.9. The Balaban J connectivity index is 1.92. The molecule has 0 radical (unpaired) electrons. The quantitative estimate of drug-likeness (QED) is 0.0821. The molecule has 288 valence electrons. The highest BCUT2D eigenvalue weighted by Crippen LogP contribution is 2.35. The van der Waals surface area contributed by atoms with Crippen LogP contribution in [0.4, 0.5) is 4.79 Å². The molecule has 1 aromatic rings. The van der Waals surface area contributed by atoms with Crippen LogP contribution < -0.4 is 26.6 Å². The van der Waals surface area contributed by atoms with Gasteiger partial charge in [0.05, 0.1) is 12.1 Å². The molecule has 0 saturated carbocycles. The zero-order valence-corrected chi connectivity index (χ0v) is 32.3. The topological polar surface area (TPSA) is 158 Å². The number of likely N-dealkylation sites (tertiary alicyclic amines) is 1. The highest BCUT2D eigenvalue weighted by Gasteiger charge is 2.47. The van der Waals surface area contributed by atoms with Crippen LogP contribution in [0.5, 0.6) is 0 Å². The lowest BCUT2D eigenvalue weighted by molar-refractivity contribution is -0.144. The van der Waals surface area contributed by atoms with Crippen LogP contribution in [-0.4, -0.2) is 84.8 Å². The van der Waals surface area contributed by atoms with E-state index in [1.165, 1.54) is 6.08 Å². The summed E-state index contributed by atoms with van der Waals surface area (Å²) in [5.74, 6) is -2.33. The van der Waals surface area contributed by atoms with Crippen LogP contribution in [0, 0.1) is 23.2 Å². The number of rotatable bonds is 19. The minimum atomic E-state index is -1.04. The molecule has 1 saturated heterocycles. The third-order valence-corrected chi connectivity index (χ3v) is 10.2. The molecular weight excluding hydrogens is 660 g/mol. The lowest BCUT2D eigenvalue weighted by atomic mass is 9.87. The summed E-state index contributed by atoms with van der Waals surface area (Å²) in [6.07, 6.45) is 4.92. The molecule has 12 heteroatoms. The van der Waals surface area contributed by atoms with E-state index >= 15 is 0 Å². The fraction of sp³-hybridized carbons (Fsp3) is 0.625. The number of Topliss-reactive ketones (excluding diaryl/α,β-unsaturated/α-hetero) is 1. The predicted molar refractivity (Wildman–Crippen MR) is 203 cm³/mol. The lowest BCUT2D eigenvalue weighted by Gasteiger charge is -2.35. The van der Waals surface area contributed by atoms with Crippen molar-refractivity contribution in [3.05, 3.63) is 60.5 Å². The van der Waals surface area contributed by atoms with Gasteiger partial charge in [-0.1, -0.05) is 84.7 Å². The van der Waals surface area contributed by atoms with E-state index in [4.69, 9.17) is 4.74 Å². The monoisotopic (exact) mass is 722 g/mol. The van der Waals surface area contributed by atoms with Gasteiger partial charge < -0.3 is 36.2 Å². The van der Waals surface area contributed by atoms with Gasteiger partial charge in [-0.15, -0.1) is 6.58 Å². The standard InChI is InChI=1S/C40H62N6O6/c1-10-13-18-31(35(47)37(49)42-20-11-2)43-36(48)34-30(25(4)5)19-21-46(34)38(50)33(29-22-27-16-14-15-17-28(27)23-29)45-39(51)44-32(40(7,8)9)24-52-26(6)41-12-3/h11,14-17,25,29-34,41H,2,6,10,12-13,18-24H2,1,3-5,7-9H3,(H,42,49)(H,43,48)(H2,44,45,51)/t30-,31?,32?,33?,34?/m1/s1. The van der Waals surface area contributed by atoms with Gasteiger partial charge in [0.15, 0.2) is 5.88 Å². The summed E-state index contributed by atoms with van der Waals surface area (Å²) < 4.78 is 5.81. The number of benzene rings is 1. The number of amides is 5. The zero-order valence-electron chi connectivity index (χ0n) is 32.3. The molecule has 5 amide bonds. The number of unbranched alkanes of at least 4 members (excludes halogenated alkanes) is 1. The second-order valence-corrected chi connectivity index (χ2v) is 15.5. The maximum absolute atomic E-state index is 14.8. The molecular formula is C40H62N6O6. The predicted octanol–water partition coefficient (Wildman–Crippen LogP) is 4.00. The molecule has 5 atom stereocenters. The van der Waals surface area contributed by atoms with Gasteiger partial charge >= 0.3 is 6.03 Å². The molecule has 1 heterocycles. The van der Waals surface area contributed by atoms with E-state index in [-0.39, 0.29) is 42.2 Å². The number of carbonyl (C=O) groups excluding carboxylic acids is 5. The Morgan fingerprint density at radius 1 is 1.00 bits per heavy atom. The Bertz CT molecular complexity index is 1410. The van der Waals surface area contributed by atoms with Gasteiger partial charge in [0.25, 0.3) is 5.91 Å². The summed E-state index contributed by atoms with van der Waals surface area (Å²) >= 11 is 0. The maximum atomic E-state index is 14.8. The molecule has 1 aliphatic heterocycles. The number of carbonyl (C=O) groups is 5. The van der Waals surface area contributed by atoms with Crippen LogP contribution in [-0.2, 0) is 36.8 Å². The van der Waals surface area contributed by atoms with Crippen LogP contribution in [0.1, 0.15) is 85.3 Å². The molecule has 0 aromatic heterocycles. The molecule has 3 rings (SSSR count). The minimum Gasteiger partial charge on any atom is -0.477 e. The summed E-state index contributed by atoms with van der Waals surface area (Å²) in [4.78, 5) is 70.3. The average molecular weight is 723 g/mol. The summed E-state index contributed by atoms with van der Waals surface area (Å²) in [6.45, 7) is 22.6. The van der Waals surface area contributed by atoms with Gasteiger partial charge in [0.2, 0.25) is 17.6 Å². The molecule has 1 fully saturated rings. The number of fused-ring (bicyclic) bond motifs is 1. The maximum Gasteiger partial charge on any atom is 0.315 e. The van der Waals surface area contributed by atoms with Gasteiger partial charge in [0.1, 0.15) is 18.7 Å². The second-order valence-electron chi connectivity index (χ2n) is 15.5. The van der Waals surface area contributed by atoms with E-state index < -0.39 is 47.8 Å². The van der Waals surface area contributed by atoms with E-state index in [0.29, 0.717) is 51.1 Å². The number of nitrogens with one attached hydrogen (secondary N) is 5. The van der Waals surface area contributed by atoms with Gasteiger partial charge in [-0.2, -0.15) is 0 Å². The first kappa shape index (κ1) is 42.1. The molecule has 0 spiro atoms. The average Bonchev–Trinajstić information content (AvgIpc) is 3.74. The number of hydrogen-bond donors (Lipinski definition) is 5. The lowest BCUT2D eigenvalue weighted by Crippen LogP contribution is -2.61. The summed E-state index contributed by atoms with van der Waals surface area (Å²) in [6, 6.07) is 4.23. The van der Waals surface area contributed by atoms with Crippen molar-refractivity contribution in [1.82, 2.24) is 31.5 Å².